The van der Waals surface area contributed by atoms with Crippen LogP contribution < -0.4 is 5.73 Å². The second kappa shape index (κ2) is 7.76. The fraction of sp³-hybridized carbons (Fsp3) is 0.167. The molecule has 2 aromatic rings. The molecule has 3 N–H and O–H groups in total. The predicted octanol–water partition coefficient (Wildman–Crippen LogP) is 2.97. The summed E-state index contributed by atoms with van der Waals surface area (Å²) in [4.78, 5) is 21.1. The minimum Gasteiger partial charge on any atom is -0.478 e. The Bertz CT molecular complexity index is 731. The van der Waals surface area contributed by atoms with Gasteiger partial charge in [-0.3, -0.25) is 4.79 Å². The molecule has 5 heteroatoms. The number of hydrogen-bond donors (Lipinski definition) is 2. The van der Waals surface area contributed by atoms with Crippen molar-refractivity contribution in [2.45, 2.75) is 19.3 Å². The highest BCUT2D eigenvalue weighted by Crippen LogP contribution is 2.22. The van der Waals surface area contributed by atoms with Crippen molar-refractivity contribution in [2.24, 2.45) is 5.73 Å². The zero-order valence-corrected chi connectivity index (χ0v) is 13.0. The Labute approximate surface area is 135 Å². The molecule has 1 amide bonds. The van der Waals surface area contributed by atoms with E-state index in [1.54, 1.807) is 50.2 Å². The van der Waals surface area contributed by atoms with Crippen LogP contribution >= 0.6 is 0 Å². The third-order valence-electron chi connectivity index (χ3n) is 3.17. The number of carboxylic acids is 1. The third-order valence-corrected chi connectivity index (χ3v) is 3.17. The van der Waals surface area contributed by atoms with E-state index in [1.807, 2.05) is 6.07 Å². The summed E-state index contributed by atoms with van der Waals surface area (Å²) in [6, 6.07) is 17.3. The van der Waals surface area contributed by atoms with Crippen LogP contribution in [0.15, 0.2) is 54.6 Å². The van der Waals surface area contributed by atoms with Gasteiger partial charge in [0.1, 0.15) is 0 Å². The summed E-state index contributed by atoms with van der Waals surface area (Å²) < 4.78 is 0. The number of nitrogens with zero attached hydrogens (tertiary/aromatic N) is 1. The van der Waals surface area contributed by atoms with E-state index in [-0.39, 0.29) is 11.5 Å². The van der Waals surface area contributed by atoms with Crippen LogP contribution in [0.1, 0.15) is 40.1 Å². The summed E-state index contributed by atoms with van der Waals surface area (Å²) in [5, 5.41) is 17.6. The number of benzene rings is 2. The summed E-state index contributed by atoms with van der Waals surface area (Å²) in [6.45, 7) is 3.52. The number of nitrogens with two attached hydrogens (primary N) is 1. The molecule has 0 aliphatic carbocycles. The quantitative estimate of drug-likeness (QED) is 0.909. The largest absolute Gasteiger partial charge is 0.478 e. The lowest BCUT2D eigenvalue weighted by Gasteiger charge is -2.15. The lowest BCUT2D eigenvalue weighted by atomic mass is 9.85. The van der Waals surface area contributed by atoms with Crippen molar-refractivity contribution in [2.75, 3.05) is 0 Å². The maximum absolute atomic E-state index is 10.7. The van der Waals surface area contributed by atoms with E-state index >= 15 is 0 Å². The summed E-state index contributed by atoms with van der Waals surface area (Å²) in [5.74, 6) is -1.35. The number of amides is 1. The fourth-order valence-electron chi connectivity index (χ4n) is 1.71. The standard InChI is InChI=1S/C11H11NO2.C7H7NO/c1-11(2,7-12)9-5-3-4-8(6-9)10(13)14;8-7(9)6-4-2-1-3-5-6/h3-6H,1-2H3,(H,13,14);1-5H,(H2,8,9). The van der Waals surface area contributed by atoms with Gasteiger partial charge < -0.3 is 10.8 Å². The van der Waals surface area contributed by atoms with E-state index in [0.717, 1.165) is 5.56 Å². The third kappa shape index (κ3) is 5.29. The molecule has 0 saturated heterocycles. The highest BCUT2D eigenvalue weighted by atomic mass is 16.4. The van der Waals surface area contributed by atoms with Gasteiger partial charge >= 0.3 is 5.97 Å². The van der Waals surface area contributed by atoms with Crippen molar-refractivity contribution in [3.63, 3.8) is 0 Å². The van der Waals surface area contributed by atoms with Gasteiger partial charge in [0.05, 0.1) is 17.0 Å². The Kier molecular flexibility index (Phi) is 6.04. The number of carbonyl (C=O) groups excluding carboxylic acids is 1. The van der Waals surface area contributed by atoms with Gasteiger partial charge in [0.15, 0.2) is 0 Å². The van der Waals surface area contributed by atoms with Gasteiger partial charge in [0.2, 0.25) is 5.91 Å². The lowest BCUT2D eigenvalue weighted by Crippen LogP contribution is -2.14. The normalized spacial score (nSPS) is 9.96. The van der Waals surface area contributed by atoms with Gasteiger partial charge in [-0.15, -0.1) is 0 Å². The minimum absolute atomic E-state index is 0.214. The molecular weight excluding hydrogens is 292 g/mol. The molecule has 5 nitrogen and oxygen atoms in total. The molecule has 0 saturated carbocycles. The molecule has 0 radical (unpaired) electrons. The van der Waals surface area contributed by atoms with Gasteiger partial charge in [-0.2, -0.15) is 5.26 Å². The molecule has 0 unspecified atom stereocenters. The highest BCUT2D eigenvalue weighted by molar-refractivity contribution is 5.92. The number of nitriles is 1. The minimum atomic E-state index is -0.972. The number of primary amides is 1. The summed E-state index contributed by atoms with van der Waals surface area (Å²) in [7, 11) is 0. The van der Waals surface area contributed by atoms with E-state index in [0.29, 0.717) is 5.56 Å². The van der Waals surface area contributed by atoms with Crippen LogP contribution in [0.3, 0.4) is 0 Å². The molecule has 2 rings (SSSR count). The molecule has 0 aliphatic heterocycles. The van der Waals surface area contributed by atoms with E-state index in [9.17, 15) is 9.59 Å². The van der Waals surface area contributed by atoms with Gasteiger partial charge in [-0.25, -0.2) is 4.79 Å². The average molecular weight is 310 g/mol. The Morgan fingerprint density at radius 3 is 2.04 bits per heavy atom. The van der Waals surface area contributed by atoms with Gasteiger partial charge in [-0.05, 0) is 43.7 Å². The summed E-state index contributed by atoms with van der Waals surface area (Å²) >= 11 is 0. The number of aromatic carboxylic acids is 1. The molecule has 118 valence electrons. The first kappa shape index (κ1) is 17.9. The molecule has 0 spiro atoms. The molecule has 23 heavy (non-hydrogen) atoms. The second-order valence-electron chi connectivity index (χ2n) is 5.35. The van der Waals surface area contributed by atoms with Gasteiger partial charge in [-0.1, -0.05) is 30.3 Å². The van der Waals surface area contributed by atoms with Crippen molar-refractivity contribution < 1.29 is 14.7 Å². The number of carboxylic acid groups (broad SMARTS) is 1. The SMILES string of the molecule is CC(C)(C#N)c1cccc(C(=O)O)c1.NC(=O)c1ccccc1. The van der Waals surface area contributed by atoms with E-state index < -0.39 is 11.4 Å². The van der Waals surface area contributed by atoms with Crippen molar-refractivity contribution in [3.8, 4) is 6.07 Å². The molecule has 0 bridgehead atoms. The second-order valence-corrected chi connectivity index (χ2v) is 5.35. The lowest BCUT2D eigenvalue weighted by molar-refractivity contribution is 0.0696. The van der Waals surface area contributed by atoms with Crippen LogP contribution in [-0.2, 0) is 5.41 Å². The van der Waals surface area contributed by atoms with Crippen molar-refractivity contribution in [1.29, 1.82) is 5.26 Å². The topological polar surface area (TPSA) is 104 Å². The van der Waals surface area contributed by atoms with Gasteiger partial charge in [0.25, 0.3) is 0 Å². The van der Waals surface area contributed by atoms with Crippen LogP contribution in [0, 0.1) is 11.3 Å². The highest BCUT2D eigenvalue weighted by Gasteiger charge is 2.20. The maximum Gasteiger partial charge on any atom is 0.335 e. The first-order valence-electron chi connectivity index (χ1n) is 6.88. The molecular formula is C18H18N2O3. The fourth-order valence-corrected chi connectivity index (χ4v) is 1.71. The summed E-state index contributed by atoms with van der Waals surface area (Å²) in [6.07, 6.45) is 0. The number of carbonyl (C=O) groups is 2. The Hall–Kier alpha value is -3.13. The van der Waals surface area contributed by atoms with Crippen molar-refractivity contribution >= 4 is 11.9 Å². The molecule has 0 atom stereocenters. The molecule has 0 fully saturated rings. The van der Waals surface area contributed by atoms with E-state index in [4.69, 9.17) is 16.1 Å². The average Bonchev–Trinajstić information content (AvgIpc) is 2.56. The van der Waals surface area contributed by atoms with Crippen molar-refractivity contribution in [1.82, 2.24) is 0 Å². The first-order chi connectivity index (χ1) is 10.8. The van der Waals surface area contributed by atoms with Crippen LogP contribution in [0.2, 0.25) is 0 Å². The van der Waals surface area contributed by atoms with E-state index in [2.05, 4.69) is 6.07 Å². The molecule has 2 aromatic carbocycles. The Balaban J connectivity index is 0.000000253. The van der Waals surface area contributed by atoms with Crippen LogP contribution in [-0.4, -0.2) is 17.0 Å². The Morgan fingerprint density at radius 2 is 1.61 bits per heavy atom. The van der Waals surface area contributed by atoms with Crippen LogP contribution in [0.4, 0.5) is 0 Å². The molecule has 0 aromatic heterocycles. The van der Waals surface area contributed by atoms with E-state index in [1.165, 1.54) is 12.1 Å². The van der Waals surface area contributed by atoms with Crippen LogP contribution in [0.25, 0.3) is 0 Å². The smallest absolute Gasteiger partial charge is 0.335 e. The number of rotatable bonds is 3. The van der Waals surface area contributed by atoms with Gasteiger partial charge in [0, 0.05) is 5.56 Å². The van der Waals surface area contributed by atoms with Crippen LogP contribution in [0.5, 0.6) is 0 Å². The monoisotopic (exact) mass is 310 g/mol. The first-order valence-corrected chi connectivity index (χ1v) is 6.88. The zero-order valence-electron chi connectivity index (χ0n) is 13.0. The number of hydrogen-bond acceptors (Lipinski definition) is 3. The zero-order chi connectivity index (χ0) is 17.5. The maximum atomic E-state index is 10.7. The molecule has 0 aliphatic rings. The summed E-state index contributed by atoms with van der Waals surface area (Å²) in [5.41, 5.74) is 5.82. The predicted molar refractivity (Wildman–Crippen MR) is 87.0 cm³/mol. The molecule has 0 heterocycles. The Morgan fingerprint density at radius 1 is 1.04 bits per heavy atom. The van der Waals surface area contributed by atoms with Crippen molar-refractivity contribution in [3.05, 3.63) is 71.3 Å².